The summed E-state index contributed by atoms with van der Waals surface area (Å²) in [5.41, 5.74) is 1.19. The van der Waals surface area contributed by atoms with E-state index in [1.165, 1.54) is 38.5 Å². The van der Waals surface area contributed by atoms with Gasteiger partial charge in [0.1, 0.15) is 0 Å². The summed E-state index contributed by atoms with van der Waals surface area (Å²) in [6.07, 6.45) is 8.07. The highest BCUT2D eigenvalue weighted by atomic mass is 35.5. The summed E-state index contributed by atoms with van der Waals surface area (Å²) in [4.78, 5) is 0. The second kappa shape index (κ2) is 5.29. The maximum atomic E-state index is 5.90. The first kappa shape index (κ1) is 14.4. The monoisotopic (exact) mass is 244 g/mol. The van der Waals surface area contributed by atoms with Gasteiger partial charge in [0.25, 0.3) is 0 Å². The van der Waals surface area contributed by atoms with Gasteiger partial charge in [-0.15, -0.1) is 11.6 Å². The van der Waals surface area contributed by atoms with Crippen LogP contribution in [0.15, 0.2) is 0 Å². The second-order valence-electron chi connectivity index (χ2n) is 7.29. The Bertz CT molecular complexity index is 217. The molecule has 2 unspecified atom stereocenters. The maximum Gasteiger partial charge on any atom is 0.0341 e. The zero-order valence-corrected chi connectivity index (χ0v) is 12.5. The van der Waals surface area contributed by atoms with Crippen LogP contribution in [0, 0.1) is 16.7 Å². The van der Waals surface area contributed by atoms with E-state index in [9.17, 15) is 0 Å². The SMILES string of the molecule is CC1(C)CCC(Cl)C1.CC1CCCC1(C)C. The highest BCUT2D eigenvalue weighted by molar-refractivity contribution is 6.20. The summed E-state index contributed by atoms with van der Waals surface area (Å²) in [6, 6.07) is 0. The first-order valence-electron chi connectivity index (χ1n) is 6.87. The standard InChI is InChI=1S/C8H16.C7H13Cl/c1-7-5-4-6-8(7,2)3;1-7(2)4-3-6(8)5-7/h7H,4-6H2,1-3H3;6H,3-5H2,1-2H3. The van der Waals surface area contributed by atoms with Gasteiger partial charge in [0.15, 0.2) is 0 Å². The summed E-state index contributed by atoms with van der Waals surface area (Å²) in [6.45, 7) is 11.7. The molecule has 0 N–H and O–H groups in total. The summed E-state index contributed by atoms with van der Waals surface area (Å²) < 4.78 is 0. The van der Waals surface area contributed by atoms with Gasteiger partial charge in [-0.05, 0) is 42.4 Å². The molecule has 0 spiro atoms. The Morgan fingerprint density at radius 2 is 1.62 bits per heavy atom. The number of hydrogen-bond donors (Lipinski definition) is 0. The Balaban J connectivity index is 0.000000160. The largest absolute Gasteiger partial charge is 0.123 e. The van der Waals surface area contributed by atoms with Gasteiger partial charge in [-0.3, -0.25) is 0 Å². The van der Waals surface area contributed by atoms with Crippen LogP contribution in [0.3, 0.4) is 0 Å². The molecule has 2 aliphatic carbocycles. The first-order valence-corrected chi connectivity index (χ1v) is 7.31. The normalized spacial score (nSPS) is 35.6. The van der Waals surface area contributed by atoms with E-state index >= 15 is 0 Å². The molecule has 16 heavy (non-hydrogen) atoms. The molecule has 0 heterocycles. The fraction of sp³-hybridized carbons (Fsp3) is 1.00. The Hall–Kier alpha value is 0.290. The van der Waals surface area contributed by atoms with Crippen LogP contribution in [-0.2, 0) is 0 Å². The predicted molar refractivity (Wildman–Crippen MR) is 74.1 cm³/mol. The van der Waals surface area contributed by atoms with Crippen LogP contribution >= 0.6 is 11.6 Å². The van der Waals surface area contributed by atoms with E-state index in [-0.39, 0.29) is 0 Å². The van der Waals surface area contributed by atoms with E-state index in [0.717, 1.165) is 5.92 Å². The molecule has 2 fully saturated rings. The van der Waals surface area contributed by atoms with Crippen LogP contribution in [0.25, 0.3) is 0 Å². The van der Waals surface area contributed by atoms with Crippen molar-refractivity contribution < 1.29 is 0 Å². The molecule has 0 bridgehead atoms. The predicted octanol–water partition coefficient (Wildman–Crippen LogP) is 5.64. The van der Waals surface area contributed by atoms with Crippen molar-refractivity contribution in [2.24, 2.45) is 16.7 Å². The number of halogens is 1. The topological polar surface area (TPSA) is 0 Å². The first-order chi connectivity index (χ1) is 7.23. The van der Waals surface area contributed by atoms with Crippen LogP contribution in [0.5, 0.6) is 0 Å². The lowest BCUT2D eigenvalue weighted by Gasteiger charge is -2.22. The molecule has 2 saturated carbocycles. The number of hydrogen-bond acceptors (Lipinski definition) is 0. The van der Waals surface area contributed by atoms with Crippen molar-refractivity contribution in [3.8, 4) is 0 Å². The maximum absolute atomic E-state index is 5.90. The Morgan fingerprint density at radius 3 is 1.75 bits per heavy atom. The van der Waals surface area contributed by atoms with Crippen molar-refractivity contribution in [2.45, 2.75) is 78.5 Å². The summed E-state index contributed by atoms with van der Waals surface area (Å²) >= 11 is 5.90. The zero-order valence-electron chi connectivity index (χ0n) is 11.8. The minimum atomic E-state index is 0.463. The van der Waals surface area contributed by atoms with E-state index in [1.54, 1.807) is 0 Å². The van der Waals surface area contributed by atoms with E-state index in [4.69, 9.17) is 11.6 Å². The van der Waals surface area contributed by atoms with Crippen LogP contribution in [0.1, 0.15) is 73.1 Å². The van der Waals surface area contributed by atoms with Crippen molar-refractivity contribution >= 4 is 11.6 Å². The summed E-state index contributed by atoms with van der Waals surface area (Å²) in [5, 5.41) is 0.463. The van der Waals surface area contributed by atoms with E-state index in [2.05, 4.69) is 34.6 Å². The van der Waals surface area contributed by atoms with Crippen LogP contribution in [-0.4, -0.2) is 5.38 Å². The highest BCUT2D eigenvalue weighted by Crippen LogP contribution is 2.41. The molecule has 0 aliphatic heterocycles. The Labute approximate surface area is 107 Å². The minimum Gasteiger partial charge on any atom is -0.123 e. The minimum absolute atomic E-state index is 0.463. The molecule has 0 nitrogen and oxygen atoms in total. The Kier molecular flexibility index (Phi) is 4.75. The third-order valence-corrected chi connectivity index (χ3v) is 5.07. The molecule has 0 amide bonds. The van der Waals surface area contributed by atoms with Crippen LogP contribution < -0.4 is 0 Å². The van der Waals surface area contributed by atoms with E-state index < -0.39 is 0 Å². The van der Waals surface area contributed by atoms with Gasteiger partial charge < -0.3 is 0 Å². The number of rotatable bonds is 0. The van der Waals surface area contributed by atoms with Crippen molar-refractivity contribution in [1.82, 2.24) is 0 Å². The zero-order chi connectivity index (χ0) is 12.4. The fourth-order valence-electron chi connectivity index (χ4n) is 2.85. The quantitative estimate of drug-likeness (QED) is 0.484. The van der Waals surface area contributed by atoms with Gasteiger partial charge in [-0.25, -0.2) is 0 Å². The van der Waals surface area contributed by atoms with Crippen molar-refractivity contribution in [1.29, 1.82) is 0 Å². The van der Waals surface area contributed by atoms with Gasteiger partial charge in [0.2, 0.25) is 0 Å². The van der Waals surface area contributed by atoms with Gasteiger partial charge in [0.05, 0.1) is 0 Å². The Morgan fingerprint density at radius 1 is 1.00 bits per heavy atom. The van der Waals surface area contributed by atoms with E-state index in [1.807, 2.05) is 0 Å². The van der Waals surface area contributed by atoms with Gasteiger partial charge in [-0.2, -0.15) is 0 Å². The van der Waals surface area contributed by atoms with Crippen molar-refractivity contribution in [3.63, 3.8) is 0 Å². The molecule has 0 saturated heterocycles. The lowest BCUT2D eigenvalue weighted by Crippen LogP contribution is -2.13. The van der Waals surface area contributed by atoms with Crippen molar-refractivity contribution in [3.05, 3.63) is 0 Å². The van der Waals surface area contributed by atoms with Crippen molar-refractivity contribution in [2.75, 3.05) is 0 Å². The molecule has 96 valence electrons. The lowest BCUT2D eigenvalue weighted by atomic mass is 9.83. The third kappa shape index (κ3) is 4.28. The summed E-state index contributed by atoms with van der Waals surface area (Å²) in [5.74, 6) is 0.961. The molecule has 2 aliphatic rings. The third-order valence-electron chi connectivity index (χ3n) is 4.70. The fourth-order valence-corrected chi connectivity index (χ4v) is 3.38. The molecule has 2 atom stereocenters. The van der Waals surface area contributed by atoms with Crippen LogP contribution in [0.4, 0.5) is 0 Å². The molecule has 0 aromatic carbocycles. The smallest absolute Gasteiger partial charge is 0.0341 e. The molecular formula is C15H29Cl. The van der Waals surface area contributed by atoms with Gasteiger partial charge in [-0.1, -0.05) is 47.5 Å². The average molecular weight is 245 g/mol. The van der Waals surface area contributed by atoms with Gasteiger partial charge in [0, 0.05) is 5.38 Å². The average Bonchev–Trinajstić information content (AvgIpc) is 2.58. The molecule has 0 radical (unpaired) electrons. The van der Waals surface area contributed by atoms with Gasteiger partial charge >= 0.3 is 0 Å². The number of alkyl halides is 1. The highest BCUT2D eigenvalue weighted by Gasteiger charge is 2.30. The lowest BCUT2D eigenvalue weighted by molar-refractivity contribution is 0.281. The molecule has 0 aromatic heterocycles. The summed E-state index contributed by atoms with van der Waals surface area (Å²) in [7, 11) is 0. The molecule has 1 heteroatoms. The molecule has 0 aromatic rings. The molecular weight excluding hydrogens is 216 g/mol. The molecule has 2 rings (SSSR count). The van der Waals surface area contributed by atoms with E-state index in [0.29, 0.717) is 16.2 Å². The van der Waals surface area contributed by atoms with Crippen LogP contribution in [0.2, 0.25) is 0 Å². The second-order valence-corrected chi connectivity index (χ2v) is 7.90.